The van der Waals surface area contributed by atoms with Crippen molar-refractivity contribution in [2.45, 2.75) is 631 Å². The van der Waals surface area contributed by atoms with Crippen LogP contribution in [0.5, 0.6) is 0 Å². The van der Waals surface area contributed by atoms with Gasteiger partial charge in [0, 0.05) is 0 Å². The van der Waals surface area contributed by atoms with Crippen LogP contribution in [-0.2, 0) is 0 Å². The summed E-state index contributed by atoms with van der Waals surface area (Å²) in [5.74, 6) is 16.8. The molecule has 0 aromatic carbocycles. The largest absolute Gasteiger partial charge is 0.0776 e. The summed E-state index contributed by atoms with van der Waals surface area (Å²) < 4.78 is 0. The van der Waals surface area contributed by atoms with Gasteiger partial charge < -0.3 is 0 Å². The molecule has 18 aliphatic rings. The first kappa shape index (κ1) is 118. The van der Waals surface area contributed by atoms with E-state index in [0.717, 1.165) is 116 Å². The summed E-state index contributed by atoms with van der Waals surface area (Å²) in [5.41, 5.74) is 4.59. The van der Waals surface area contributed by atoms with Gasteiger partial charge in [-0.05, 0) is 256 Å². The summed E-state index contributed by atoms with van der Waals surface area (Å²) in [6.07, 6.45) is 105. The molecule has 118 heavy (non-hydrogen) atoms. The van der Waals surface area contributed by atoms with Crippen LogP contribution in [0.15, 0.2) is 0 Å². The topological polar surface area (TPSA) is 0 Å². The first-order chi connectivity index (χ1) is 55.5. The molecule has 710 valence electrons. The van der Waals surface area contributed by atoms with Gasteiger partial charge in [-0.3, -0.25) is 0 Å². The van der Waals surface area contributed by atoms with Crippen LogP contribution in [0.4, 0.5) is 0 Å². The Morgan fingerprint density at radius 3 is 0.271 bits per heavy atom. The maximum atomic E-state index is 2.17. The van der Waals surface area contributed by atoms with Crippen molar-refractivity contribution in [3.63, 3.8) is 0 Å². The third kappa shape index (κ3) is 66.4. The Hall–Kier alpha value is 0. The van der Waals surface area contributed by atoms with Crippen molar-refractivity contribution in [1.29, 1.82) is 0 Å². The molecule has 5 spiro atoms. The van der Waals surface area contributed by atoms with E-state index in [1.54, 1.807) is 231 Å². The van der Waals surface area contributed by atoms with Gasteiger partial charge in [-0.25, -0.2) is 0 Å². The summed E-state index contributed by atoms with van der Waals surface area (Å²) in [4.78, 5) is 0. The van der Waals surface area contributed by atoms with Crippen molar-refractivity contribution < 1.29 is 0 Å². The van der Waals surface area contributed by atoms with Crippen LogP contribution >= 0.6 is 0 Å². The van der Waals surface area contributed by atoms with E-state index in [4.69, 9.17) is 0 Å². The first-order valence-electron chi connectivity index (χ1n) is 55.5. The zero-order valence-corrected chi connectivity index (χ0v) is 87.4. The van der Waals surface area contributed by atoms with Crippen molar-refractivity contribution >= 4 is 0 Å². The summed E-state index contributed by atoms with van der Waals surface area (Å²) in [6.45, 7) is 58.5. The normalized spacial score (nSPS) is 28.0. The number of hydrogen-bond donors (Lipinski definition) is 0. The summed E-state index contributed by atoms with van der Waals surface area (Å²) in [7, 11) is 0. The van der Waals surface area contributed by atoms with Crippen LogP contribution in [0.1, 0.15) is 631 Å². The van der Waals surface area contributed by atoms with Crippen LogP contribution in [-0.4, -0.2) is 0 Å². The van der Waals surface area contributed by atoms with E-state index in [-0.39, 0.29) is 7.43 Å². The molecular weight excluding hydrogens is 1420 g/mol. The van der Waals surface area contributed by atoms with Crippen molar-refractivity contribution in [3.8, 4) is 0 Å². The Bertz CT molecular complexity index is 1710. The fourth-order valence-electron chi connectivity index (χ4n) is 22.2. The Labute approximate surface area is 753 Å². The van der Waals surface area contributed by atoms with E-state index in [9.17, 15) is 0 Å². The predicted octanol–water partition coefficient (Wildman–Crippen LogP) is 43.1. The zero-order valence-electron chi connectivity index (χ0n) is 87.4. The van der Waals surface area contributed by atoms with Crippen LogP contribution < -0.4 is 0 Å². The van der Waals surface area contributed by atoms with Crippen LogP contribution in [0.25, 0.3) is 0 Å². The molecule has 0 aromatic heterocycles. The minimum Gasteiger partial charge on any atom is -0.0776 e. The highest BCUT2D eigenvalue weighted by atomic mass is 14.5. The van der Waals surface area contributed by atoms with E-state index in [0.29, 0.717) is 0 Å². The maximum absolute atomic E-state index is 2.17. The Morgan fingerprint density at radius 1 is 0.110 bits per heavy atom. The van der Waals surface area contributed by atoms with E-state index < -0.39 is 0 Å². The molecule has 0 heterocycles. The molecule has 2 unspecified atom stereocenters. The second kappa shape index (κ2) is 70.9. The summed E-state index contributed by atoms with van der Waals surface area (Å²) in [6, 6.07) is 0. The zero-order chi connectivity index (χ0) is 87.4. The minimum absolute atomic E-state index is 0. The molecule has 0 radical (unpaired) electrons. The number of fused-ring (bicyclic) bond motifs is 4. The number of hydrogen-bond acceptors (Lipinski definition) is 0. The SMILES string of the molecule is C.C1CCC2(CC1)CC2.C1CCC2(CC1)CC2.C1CCC2(CC1)CC2.C1CCC2(CC1)CCC2.C1CCC2(CC1)CCC2.C1CCC2CCCC2C1.C1CCC2CCCCC2C1.C1CCC2CCCCC2C1.C1CCC2CCCCC2C1.CC(C)C.CC(C)C.CC(C)C.CC(C)C.CC(C)C.CC(C)C.CC(C)C.CC(C)C.CC(C)C. The molecule has 0 aliphatic heterocycles. The predicted molar refractivity (Wildman–Crippen MR) is 545 cm³/mol. The van der Waals surface area contributed by atoms with Gasteiger partial charge in [0.05, 0.1) is 0 Å². The molecule has 0 aromatic rings. The minimum atomic E-state index is 0. The van der Waals surface area contributed by atoms with E-state index in [2.05, 4.69) is 187 Å². The molecule has 18 saturated carbocycles. The van der Waals surface area contributed by atoms with E-state index >= 15 is 0 Å². The lowest BCUT2D eigenvalue weighted by Gasteiger charge is -2.45. The molecule has 18 aliphatic carbocycles. The molecule has 0 bridgehead atoms. The third-order valence-corrected chi connectivity index (χ3v) is 28.9. The molecular formula is C118H238. The highest BCUT2D eigenvalue weighted by Crippen LogP contribution is 2.58. The second-order valence-corrected chi connectivity index (χ2v) is 50.1. The van der Waals surface area contributed by atoms with Crippen molar-refractivity contribution in [1.82, 2.24) is 0 Å². The molecule has 2 atom stereocenters. The molecule has 0 N–H and O–H groups in total. The van der Waals surface area contributed by atoms with Crippen molar-refractivity contribution in [2.24, 2.45) is 128 Å². The highest BCUT2D eigenvalue weighted by Gasteiger charge is 2.45. The van der Waals surface area contributed by atoms with Gasteiger partial charge in [0.1, 0.15) is 0 Å². The van der Waals surface area contributed by atoms with Crippen molar-refractivity contribution in [2.75, 3.05) is 0 Å². The molecule has 18 fully saturated rings. The first-order valence-corrected chi connectivity index (χ1v) is 55.5. The summed E-state index contributed by atoms with van der Waals surface area (Å²) in [5, 5.41) is 0. The quantitative estimate of drug-likeness (QED) is 0.227. The second-order valence-electron chi connectivity index (χ2n) is 50.1. The van der Waals surface area contributed by atoms with Gasteiger partial charge in [-0.15, -0.1) is 0 Å². The van der Waals surface area contributed by atoms with Gasteiger partial charge in [-0.2, -0.15) is 0 Å². The fraction of sp³-hybridized carbons (Fsp3) is 1.00. The lowest BCUT2D eigenvalue weighted by Crippen LogP contribution is -2.31. The van der Waals surface area contributed by atoms with Gasteiger partial charge >= 0.3 is 0 Å². The van der Waals surface area contributed by atoms with Gasteiger partial charge in [0.25, 0.3) is 0 Å². The van der Waals surface area contributed by atoms with E-state index in [1.165, 1.54) is 217 Å². The average Bonchev–Trinajstić information content (AvgIpc) is 1.52. The summed E-state index contributed by atoms with van der Waals surface area (Å²) >= 11 is 0. The van der Waals surface area contributed by atoms with Crippen molar-refractivity contribution in [3.05, 3.63) is 0 Å². The highest BCUT2D eigenvalue weighted by molar-refractivity contribution is 4.97. The van der Waals surface area contributed by atoms with E-state index in [1.807, 2.05) is 0 Å². The van der Waals surface area contributed by atoms with Gasteiger partial charge in [0.15, 0.2) is 0 Å². The van der Waals surface area contributed by atoms with Crippen LogP contribution in [0.3, 0.4) is 0 Å². The maximum Gasteiger partial charge on any atom is -0.0297 e. The van der Waals surface area contributed by atoms with Gasteiger partial charge in [-0.1, -0.05) is 503 Å². The lowest BCUT2D eigenvalue weighted by atomic mass is 9.61. The fourth-order valence-corrected chi connectivity index (χ4v) is 22.2. The van der Waals surface area contributed by atoms with Crippen LogP contribution in [0, 0.1) is 128 Å². The standard InChI is InChI=1S/3C10H18.3C9H16.3C8H14.9C4H10.CH4/c3*1-2-6-10-8-4-3-7-9(10)5-1;1-2-5-9-7-3-6-8(9)4-1;2*1-2-5-9(6-3-1)7-4-8-9;3*1-2-4-8(5-3-1)6-7-8;9*1-4(2)3;/h3*9-10H,1-8H2;8-9H,1-7H2;2*1-8H2;3*1-7H2;9*4H,1-3H3;1H4. The monoisotopic (exact) mass is 1660 g/mol. The number of rotatable bonds is 0. The smallest absolute Gasteiger partial charge is 0.0297 e. The lowest BCUT2D eigenvalue weighted by molar-refractivity contribution is 0.0774. The molecule has 0 amide bonds. The molecule has 0 saturated heterocycles. The third-order valence-electron chi connectivity index (χ3n) is 28.9. The Balaban J connectivity index is 0.00000124. The average molecular weight is 1660 g/mol. The molecule has 0 nitrogen and oxygen atoms in total. The molecule has 18 rings (SSSR count). The van der Waals surface area contributed by atoms with Gasteiger partial charge in [0.2, 0.25) is 0 Å². The van der Waals surface area contributed by atoms with Crippen LogP contribution in [0.2, 0.25) is 0 Å². The Kier molecular flexibility index (Phi) is 70.9. The molecule has 0 heteroatoms. The Morgan fingerprint density at radius 2 is 0.195 bits per heavy atom.